The first-order valence-corrected chi connectivity index (χ1v) is 7.67. The Balaban J connectivity index is 2.31. The highest BCUT2D eigenvalue weighted by Crippen LogP contribution is 2.25. The highest BCUT2D eigenvalue weighted by Gasteiger charge is 2.12. The maximum absolute atomic E-state index is 12.4. The number of carbonyl (C=O) groups excluding carboxylic acids is 1. The minimum atomic E-state index is 0.0351. The molecule has 0 atom stereocenters. The number of benzene rings is 2. The zero-order chi connectivity index (χ0) is 14.9. The molecule has 0 saturated heterocycles. The van der Waals surface area contributed by atoms with Crippen LogP contribution in [0, 0.1) is 13.8 Å². The Bertz CT molecular complexity index is 657. The number of aryl methyl sites for hydroxylation is 2. The molecule has 0 unspecified atom stereocenters. The molecule has 4 heteroatoms. The fourth-order valence-corrected chi connectivity index (χ4v) is 2.67. The van der Waals surface area contributed by atoms with Crippen LogP contribution < -0.4 is 0 Å². The van der Waals surface area contributed by atoms with Crippen LogP contribution in [0.2, 0.25) is 10.0 Å². The maximum Gasteiger partial charge on any atom is 0.167 e. The molecule has 0 bridgehead atoms. The fraction of sp³-hybridized carbons (Fsp3) is 0.188. The molecular weight excluding hydrogens is 359 g/mol. The Morgan fingerprint density at radius 1 is 1.10 bits per heavy atom. The molecule has 0 saturated carbocycles. The van der Waals surface area contributed by atoms with Crippen molar-refractivity contribution >= 4 is 44.9 Å². The Kier molecular flexibility index (Phi) is 4.90. The lowest BCUT2D eigenvalue weighted by Crippen LogP contribution is -2.05. The number of ketones is 1. The van der Waals surface area contributed by atoms with Gasteiger partial charge in [0, 0.05) is 26.5 Å². The topological polar surface area (TPSA) is 17.1 Å². The largest absolute Gasteiger partial charge is 0.294 e. The minimum absolute atomic E-state index is 0.0351. The predicted octanol–water partition coefficient (Wildman–Crippen LogP) is 5.80. The van der Waals surface area contributed by atoms with E-state index in [4.69, 9.17) is 23.2 Å². The second-order valence-electron chi connectivity index (χ2n) is 4.76. The van der Waals surface area contributed by atoms with Crippen LogP contribution in [0.5, 0.6) is 0 Å². The third kappa shape index (κ3) is 3.43. The van der Waals surface area contributed by atoms with Crippen LogP contribution >= 0.6 is 39.1 Å². The van der Waals surface area contributed by atoms with Crippen molar-refractivity contribution in [2.24, 2.45) is 0 Å². The lowest BCUT2D eigenvalue weighted by atomic mass is 9.99. The molecule has 0 radical (unpaired) electrons. The van der Waals surface area contributed by atoms with E-state index in [1.807, 2.05) is 26.0 Å². The SMILES string of the molecule is Cc1cc(C(=O)Cc2cc(Cl)ccc2Cl)cc(C)c1Br. The molecule has 0 aliphatic rings. The van der Waals surface area contributed by atoms with E-state index >= 15 is 0 Å². The van der Waals surface area contributed by atoms with Gasteiger partial charge in [-0.2, -0.15) is 0 Å². The van der Waals surface area contributed by atoms with E-state index in [0.29, 0.717) is 15.6 Å². The second-order valence-corrected chi connectivity index (χ2v) is 6.40. The van der Waals surface area contributed by atoms with E-state index in [2.05, 4.69) is 15.9 Å². The fourth-order valence-electron chi connectivity index (χ4n) is 2.06. The average Bonchev–Trinajstić information content (AvgIpc) is 2.39. The third-order valence-corrected chi connectivity index (χ3v) is 4.97. The van der Waals surface area contributed by atoms with Crippen molar-refractivity contribution < 1.29 is 4.79 Å². The van der Waals surface area contributed by atoms with Gasteiger partial charge in [0.25, 0.3) is 0 Å². The van der Waals surface area contributed by atoms with Gasteiger partial charge in [-0.05, 0) is 60.9 Å². The summed E-state index contributed by atoms with van der Waals surface area (Å²) in [6, 6.07) is 8.94. The highest BCUT2D eigenvalue weighted by molar-refractivity contribution is 9.10. The summed E-state index contributed by atoms with van der Waals surface area (Å²) in [5.41, 5.74) is 3.54. The van der Waals surface area contributed by atoms with Crippen LogP contribution in [0.25, 0.3) is 0 Å². The lowest BCUT2D eigenvalue weighted by Gasteiger charge is -2.08. The van der Waals surface area contributed by atoms with Crippen LogP contribution in [0.3, 0.4) is 0 Å². The van der Waals surface area contributed by atoms with Gasteiger partial charge < -0.3 is 0 Å². The van der Waals surface area contributed by atoms with Gasteiger partial charge >= 0.3 is 0 Å². The molecular formula is C16H13BrCl2O. The molecule has 104 valence electrons. The van der Waals surface area contributed by atoms with Crippen LogP contribution in [-0.2, 0) is 6.42 Å². The van der Waals surface area contributed by atoms with Crippen LogP contribution in [0.15, 0.2) is 34.8 Å². The number of Topliss-reactive ketones (excluding diaryl/α,β-unsaturated/α-hetero) is 1. The first-order chi connectivity index (χ1) is 9.38. The van der Waals surface area contributed by atoms with Crippen molar-refractivity contribution in [3.05, 3.63) is 67.1 Å². The molecule has 0 aliphatic heterocycles. The van der Waals surface area contributed by atoms with Crippen molar-refractivity contribution in [1.82, 2.24) is 0 Å². The molecule has 0 aliphatic carbocycles. The monoisotopic (exact) mass is 370 g/mol. The second kappa shape index (κ2) is 6.30. The number of carbonyl (C=O) groups is 1. The van der Waals surface area contributed by atoms with Gasteiger partial charge in [-0.1, -0.05) is 39.1 Å². The van der Waals surface area contributed by atoms with Crippen LogP contribution in [0.4, 0.5) is 0 Å². The lowest BCUT2D eigenvalue weighted by molar-refractivity contribution is 0.0993. The summed E-state index contributed by atoms with van der Waals surface area (Å²) < 4.78 is 1.04. The van der Waals surface area contributed by atoms with Crippen molar-refractivity contribution in [3.8, 4) is 0 Å². The summed E-state index contributed by atoms with van der Waals surface area (Å²) in [6.07, 6.45) is 0.250. The zero-order valence-corrected chi connectivity index (χ0v) is 14.2. The van der Waals surface area contributed by atoms with Crippen LogP contribution in [0.1, 0.15) is 27.0 Å². The Morgan fingerprint density at radius 2 is 1.70 bits per heavy atom. The third-order valence-electron chi connectivity index (χ3n) is 3.12. The molecule has 0 N–H and O–H groups in total. The summed E-state index contributed by atoms with van der Waals surface area (Å²) in [4.78, 5) is 12.4. The smallest absolute Gasteiger partial charge is 0.167 e. The van der Waals surface area contributed by atoms with E-state index in [9.17, 15) is 4.79 Å². The van der Waals surface area contributed by atoms with Gasteiger partial charge in [0.1, 0.15) is 0 Å². The van der Waals surface area contributed by atoms with E-state index in [1.165, 1.54) is 0 Å². The number of hydrogen-bond donors (Lipinski definition) is 0. The molecule has 0 heterocycles. The molecule has 20 heavy (non-hydrogen) atoms. The molecule has 0 aromatic heterocycles. The van der Waals surface area contributed by atoms with E-state index < -0.39 is 0 Å². The number of rotatable bonds is 3. The van der Waals surface area contributed by atoms with Gasteiger partial charge in [-0.25, -0.2) is 0 Å². The maximum atomic E-state index is 12.4. The van der Waals surface area contributed by atoms with E-state index in [1.54, 1.807) is 18.2 Å². The summed E-state index contributed by atoms with van der Waals surface area (Å²) in [5.74, 6) is 0.0351. The van der Waals surface area contributed by atoms with Gasteiger partial charge in [0.05, 0.1) is 0 Å². The molecule has 0 fully saturated rings. The summed E-state index contributed by atoms with van der Waals surface area (Å²) >= 11 is 15.5. The first-order valence-electron chi connectivity index (χ1n) is 6.12. The highest BCUT2D eigenvalue weighted by atomic mass is 79.9. The van der Waals surface area contributed by atoms with Crippen molar-refractivity contribution in [1.29, 1.82) is 0 Å². The van der Waals surface area contributed by atoms with Gasteiger partial charge in [-0.3, -0.25) is 4.79 Å². The molecule has 2 aromatic rings. The quantitative estimate of drug-likeness (QED) is 0.623. The summed E-state index contributed by atoms with van der Waals surface area (Å²) in [5, 5.41) is 1.15. The summed E-state index contributed by atoms with van der Waals surface area (Å²) in [7, 11) is 0. The average molecular weight is 372 g/mol. The Morgan fingerprint density at radius 3 is 2.30 bits per heavy atom. The zero-order valence-electron chi connectivity index (χ0n) is 11.1. The minimum Gasteiger partial charge on any atom is -0.294 e. The Hall–Kier alpha value is -0.830. The van der Waals surface area contributed by atoms with E-state index in [-0.39, 0.29) is 12.2 Å². The van der Waals surface area contributed by atoms with Crippen molar-refractivity contribution in [3.63, 3.8) is 0 Å². The van der Waals surface area contributed by atoms with Crippen molar-refractivity contribution in [2.45, 2.75) is 20.3 Å². The predicted molar refractivity (Wildman–Crippen MR) is 88.1 cm³/mol. The molecule has 1 nitrogen and oxygen atoms in total. The Labute approximate surface area is 137 Å². The van der Waals surface area contributed by atoms with Crippen LogP contribution in [-0.4, -0.2) is 5.78 Å². The van der Waals surface area contributed by atoms with Crippen molar-refractivity contribution in [2.75, 3.05) is 0 Å². The van der Waals surface area contributed by atoms with E-state index in [0.717, 1.165) is 21.2 Å². The summed E-state index contributed by atoms with van der Waals surface area (Å²) in [6.45, 7) is 3.94. The molecule has 2 rings (SSSR count). The van der Waals surface area contributed by atoms with Gasteiger partial charge in [0.2, 0.25) is 0 Å². The molecule has 0 spiro atoms. The molecule has 0 amide bonds. The first kappa shape index (κ1) is 15.6. The van der Waals surface area contributed by atoms with Gasteiger partial charge in [0.15, 0.2) is 5.78 Å². The normalized spacial score (nSPS) is 10.7. The molecule has 2 aromatic carbocycles. The van der Waals surface area contributed by atoms with Gasteiger partial charge in [-0.15, -0.1) is 0 Å². The standard InChI is InChI=1S/C16H13BrCl2O/c1-9-5-12(6-10(2)16(9)17)15(20)8-11-7-13(18)3-4-14(11)19/h3-7H,8H2,1-2H3. The number of hydrogen-bond acceptors (Lipinski definition) is 1. The number of halogens is 3.